The number of hydrogen-bond donors (Lipinski definition) is 0. The molecule has 3 rings (SSSR count). The first kappa shape index (κ1) is 16.0. The second kappa shape index (κ2) is 7.57. The lowest BCUT2D eigenvalue weighted by atomic mass is 10.1. The smallest absolute Gasteiger partial charge is 0.272 e. The molecule has 120 valence electrons. The first-order chi connectivity index (χ1) is 11.2. The van der Waals surface area contributed by atoms with Gasteiger partial charge >= 0.3 is 0 Å². The lowest BCUT2D eigenvalue weighted by Gasteiger charge is -2.16. The summed E-state index contributed by atoms with van der Waals surface area (Å²) in [5.41, 5.74) is 1.61. The number of amides is 1. The third-order valence-corrected chi connectivity index (χ3v) is 4.21. The normalized spacial score (nSPS) is 17.4. The maximum absolute atomic E-state index is 12.4. The standard InChI is InChI=1S/C18H19ClN2O2/c19-16-6-7-17(20-10-16)18(22)21-9-8-15(11-21)13-23-12-14-4-2-1-3-5-14/h1-7,10,15H,8-9,11-13H2/t15-/m0/s1. The average Bonchev–Trinajstić information content (AvgIpc) is 3.05. The van der Waals surface area contributed by atoms with Gasteiger partial charge in [0.25, 0.3) is 5.91 Å². The molecule has 0 radical (unpaired) electrons. The van der Waals surface area contributed by atoms with E-state index in [1.54, 1.807) is 12.1 Å². The predicted octanol–water partition coefficient (Wildman–Crippen LogP) is 3.41. The third kappa shape index (κ3) is 4.30. The number of benzene rings is 1. The fraction of sp³-hybridized carbons (Fsp3) is 0.333. The summed E-state index contributed by atoms with van der Waals surface area (Å²) in [6, 6.07) is 13.5. The van der Waals surface area contributed by atoms with E-state index in [-0.39, 0.29) is 5.91 Å². The first-order valence-electron chi connectivity index (χ1n) is 7.75. The highest BCUT2D eigenvalue weighted by Crippen LogP contribution is 2.19. The first-order valence-corrected chi connectivity index (χ1v) is 8.12. The molecule has 1 atom stereocenters. The Morgan fingerprint density at radius 3 is 2.83 bits per heavy atom. The van der Waals surface area contributed by atoms with Gasteiger partial charge in [-0.3, -0.25) is 4.79 Å². The van der Waals surface area contributed by atoms with Crippen LogP contribution in [0.15, 0.2) is 48.7 Å². The molecule has 1 aromatic heterocycles. The van der Waals surface area contributed by atoms with Crippen LogP contribution in [0.1, 0.15) is 22.5 Å². The van der Waals surface area contributed by atoms with Gasteiger partial charge in [0.15, 0.2) is 0 Å². The molecule has 0 bridgehead atoms. The van der Waals surface area contributed by atoms with E-state index < -0.39 is 0 Å². The highest BCUT2D eigenvalue weighted by Gasteiger charge is 2.27. The van der Waals surface area contributed by atoms with E-state index in [0.29, 0.717) is 29.8 Å². The molecular formula is C18H19ClN2O2. The number of pyridine rings is 1. The Balaban J connectivity index is 1.46. The molecular weight excluding hydrogens is 312 g/mol. The molecule has 0 spiro atoms. The summed E-state index contributed by atoms with van der Waals surface area (Å²) < 4.78 is 5.78. The van der Waals surface area contributed by atoms with Gasteiger partial charge < -0.3 is 9.64 Å². The maximum Gasteiger partial charge on any atom is 0.272 e. The molecule has 0 unspecified atom stereocenters. The Morgan fingerprint density at radius 1 is 1.26 bits per heavy atom. The minimum absolute atomic E-state index is 0.0350. The molecule has 0 N–H and O–H groups in total. The van der Waals surface area contributed by atoms with Crippen molar-refractivity contribution in [3.63, 3.8) is 0 Å². The largest absolute Gasteiger partial charge is 0.376 e. The molecule has 5 heteroatoms. The number of ether oxygens (including phenoxy) is 1. The second-order valence-corrected chi connectivity index (χ2v) is 6.20. The highest BCUT2D eigenvalue weighted by atomic mass is 35.5. The van der Waals surface area contributed by atoms with Gasteiger partial charge in [0.1, 0.15) is 5.69 Å². The Labute approximate surface area is 141 Å². The molecule has 2 heterocycles. The average molecular weight is 331 g/mol. The molecule has 1 saturated heterocycles. The molecule has 1 aliphatic heterocycles. The number of carbonyl (C=O) groups excluding carboxylic acids is 1. The van der Waals surface area contributed by atoms with Crippen molar-refractivity contribution in [3.05, 3.63) is 64.9 Å². The van der Waals surface area contributed by atoms with Crippen LogP contribution in [0.3, 0.4) is 0 Å². The van der Waals surface area contributed by atoms with Crippen molar-refractivity contribution in [2.45, 2.75) is 13.0 Å². The van der Waals surface area contributed by atoms with Gasteiger partial charge in [-0.05, 0) is 24.1 Å². The number of nitrogens with zero attached hydrogens (tertiary/aromatic N) is 2. The van der Waals surface area contributed by atoms with Gasteiger partial charge in [-0.15, -0.1) is 0 Å². The third-order valence-electron chi connectivity index (χ3n) is 3.98. The van der Waals surface area contributed by atoms with Crippen LogP contribution in [0, 0.1) is 5.92 Å². The van der Waals surface area contributed by atoms with Crippen LogP contribution in [-0.2, 0) is 11.3 Å². The number of rotatable bonds is 5. The second-order valence-electron chi connectivity index (χ2n) is 5.77. The number of halogens is 1. The van der Waals surface area contributed by atoms with Crippen LogP contribution in [0.25, 0.3) is 0 Å². The van der Waals surface area contributed by atoms with E-state index in [0.717, 1.165) is 19.5 Å². The summed E-state index contributed by atoms with van der Waals surface area (Å²) in [6.45, 7) is 2.76. The van der Waals surface area contributed by atoms with Crippen molar-refractivity contribution in [1.29, 1.82) is 0 Å². The van der Waals surface area contributed by atoms with E-state index in [1.165, 1.54) is 11.8 Å². The number of aromatic nitrogens is 1. The monoisotopic (exact) mass is 330 g/mol. The Bertz CT molecular complexity index is 646. The van der Waals surface area contributed by atoms with Crippen LogP contribution in [0.5, 0.6) is 0 Å². The van der Waals surface area contributed by atoms with Gasteiger partial charge in [0, 0.05) is 25.2 Å². The van der Waals surface area contributed by atoms with E-state index >= 15 is 0 Å². The van der Waals surface area contributed by atoms with Crippen molar-refractivity contribution < 1.29 is 9.53 Å². The van der Waals surface area contributed by atoms with Gasteiger partial charge in [0.2, 0.25) is 0 Å². The summed E-state index contributed by atoms with van der Waals surface area (Å²) in [7, 11) is 0. The van der Waals surface area contributed by atoms with Crippen LogP contribution in [0.4, 0.5) is 0 Å². The van der Waals surface area contributed by atoms with E-state index in [9.17, 15) is 4.79 Å². The maximum atomic E-state index is 12.4. The summed E-state index contributed by atoms with van der Waals surface area (Å²) >= 11 is 5.80. The molecule has 1 aliphatic rings. The summed E-state index contributed by atoms with van der Waals surface area (Å²) in [5.74, 6) is 0.349. The zero-order chi connectivity index (χ0) is 16.1. The Morgan fingerprint density at radius 2 is 2.09 bits per heavy atom. The fourth-order valence-corrected chi connectivity index (χ4v) is 2.85. The van der Waals surface area contributed by atoms with Crippen molar-refractivity contribution in [3.8, 4) is 0 Å². The molecule has 0 aliphatic carbocycles. The summed E-state index contributed by atoms with van der Waals surface area (Å²) in [4.78, 5) is 18.3. The predicted molar refractivity (Wildman–Crippen MR) is 89.4 cm³/mol. The van der Waals surface area contributed by atoms with Gasteiger partial charge in [-0.1, -0.05) is 41.9 Å². The van der Waals surface area contributed by atoms with Crippen molar-refractivity contribution in [1.82, 2.24) is 9.88 Å². The van der Waals surface area contributed by atoms with Crippen molar-refractivity contribution >= 4 is 17.5 Å². The van der Waals surface area contributed by atoms with Crippen molar-refractivity contribution in [2.75, 3.05) is 19.7 Å². The van der Waals surface area contributed by atoms with Gasteiger partial charge in [-0.2, -0.15) is 0 Å². The Hall–Kier alpha value is -1.91. The van der Waals surface area contributed by atoms with E-state index in [1.807, 2.05) is 23.1 Å². The molecule has 1 fully saturated rings. The number of likely N-dealkylation sites (tertiary alicyclic amines) is 1. The van der Waals surface area contributed by atoms with E-state index in [2.05, 4.69) is 17.1 Å². The lowest BCUT2D eigenvalue weighted by Crippen LogP contribution is -2.29. The summed E-state index contributed by atoms with van der Waals surface area (Å²) in [5, 5.41) is 0.537. The topological polar surface area (TPSA) is 42.4 Å². The molecule has 1 amide bonds. The fourth-order valence-electron chi connectivity index (χ4n) is 2.74. The van der Waals surface area contributed by atoms with Crippen LogP contribution < -0.4 is 0 Å². The summed E-state index contributed by atoms with van der Waals surface area (Å²) in [6.07, 6.45) is 2.47. The van der Waals surface area contributed by atoms with Crippen LogP contribution >= 0.6 is 11.6 Å². The number of hydrogen-bond acceptors (Lipinski definition) is 3. The zero-order valence-electron chi connectivity index (χ0n) is 12.8. The molecule has 1 aromatic carbocycles. The van der Waals surface area contributed by atoms with Crippen LogP contribution in [-0.4, -0.2) is 35.5 Å². The number of carbonyl (C=O) groups is 1. The molecule has 2 aromatic rings. The highest BCUT2D eigenvalue weighted by molar-refractivity contribution is 6.30. The minimum Gasteiger partial charge on any atom is -0.376 e. The quantitative estimate of drug-likeness (QED) is 0.843. The lowest BCUT2D eigenvalue weighted by molar-refractivity contribution is 0.0728. The minimum atomic E-state index is -0.0350. The SMILES string of the molecule is O=C(c1ccc(Cl)cn1)N1CC[C@H](COCc2ccccc2)C1. The van der Waals surface area contributed by atoms with Crippen molar-refractivity contribution in [2.24, 2.45) is 5.92 Å². The molecule has 4 nitrogen and oxygen atoms in total. The van der Waals surface area contributed by atoms with Gasteiger partial charge in [0.05, 0.1) is 18.2 Å². The molecule has 0 saturated carbocycles. The van der Waals surface area contributed by atoms with Gasteiger partial charge in [-0.25, -0.2) is 4.98 Å². The Kier molecular flexibility index (Phi) is 5.26. The molecule has 23 heavy (non-hydrogen) atoms. The van der Waals surface area contributed by atoms with Crippen LogP contribution in [0.2, 0.25) is 5.02 Å². The zero-order valence-corrected chi connectivity index (χ0v) is 13.6. The van der Waals surface area contributed by atoms with E-state index in [4.69, 9.17) is 16.3 Å².